The first-order valence-electron chi connectivity index (χ1n) is 6.81. The molecule has 0 unspecified atom stereocenters. The molecule has 0 fully saturated rings. The molecule has 0 saturated heterocycles. The molecule has 3 rings (SSSR count). The predicted molar refractivity (Wildman–Crippen MR) is 82.7 cm³/mol. The maximum Gasteiger partial charge on any atom is 0.212 e. The normalized spacial score (nSPS) is 11.0. The summed E-state index contributed by atoms with van der Waals surface area (Å²) >= 11 is 6.13. The Kier molecular flexibility index (Phi) is 3.71. The lowest BCUT2D eigenvalue weighted by Crippen LogP contribution is -2.12. The van der Waals surface area contributed by atoms with Crippen molar-refractivity contribution in [2.45, 2.75) is 19.9 Å². The number of nitrogens with zero attached hydrogens (tertiary/aromatic N) is 3. The topological polar surface area (TPSA) is 47.8 Å². The lowest BCUT2D eigenvalue weighted by Gasteiger charge is -2.07. The summed E-state index contributed by atoms with van der Waals surface area (Å²) in [6, 6.07) is 9.24. The zero-order valence-electron chi connectivity index (χ0n) is 11.6. The van der Waals surface area contributed by atoms with E-state index in [0.29, 0.717) is 22.8 Å². The molecular formula is C16H14ClN3O. The van der Waals surface area contributed by atoms with E-state index in [0.717, 1.165) is 17.3 Å². The summed E-state index contributed by atoms with van der Waals surface area (Å²) in [5.41, 5.74) is 1.90. The second-order valence-corrected chi connectivity index (χ2v) is 5.21. The average molecular weight is 300 g/mol. The number of carbonyl (C=O) groups is 1. The molecule has 1 aromatic carbocycles. The van der Waals surface area contributed by atoms with Gasteiger partial charge in [-0.2, -0.15) is 5.10 Å². The van der Waals surface area contributed by atoms with E-state index in [2.05, 4.69) is 10.1 Å². The molecule has 3 aromatic rings. The smallest absolute Gasteiger partial charge is 0.212 e. The van der Waals surface area contributed by atoms with Gasteiger partial charge in [0, 0.05) is 23.7 Å². The van der Waals surface area contributed by atoms with E-state index in [-0.39, 0.29) is 5.78 Å². The van der Waals surface area contributed by atoms with Crippen molar-refractivity contribution in [3.63, 3.8) is 0 Å². The molecule has 0 spiro atoms. The molecular weight excluding hydrogens is 286 g/mol. The van der Waals surface area contributed by atoms with Crippen molar-refractivity contribution in [2.75, 3.05) is 0 Å². The van der Waals surface area contributed by atoms with Gasteiger partial charge >= 0.3 is 0 Å². The Balaban J connectivity index is 2.06. The van der Waals surface area contributed by atoms with Gasteiger partial charge in [-0.05, 0) is 30.7 Å². The van der Waals surface area contributed by atoms with Crippen molar-refractivity contribution in [2.24, 2.45) is 0 Å². The van der Waals surface area contributed by atoms with Crippen LogP contribution in [0.5, 0.6) is 0 Å². The largest absolute Gasteiger partial charge is 0.287 e. The fourth-order valence-electron chi connectivity index (χ4n) is 2.32. The van der Waals surface area contributed by atoms with E-state index in [4.69, 9.17) is 11.6 Å². The minimum atomic E-state index is -0.114. The van der Waals surface area contributed by atoms with Crippen molar-refractivity contribution >= 4 is 28.3 Å². The molecule has 2 heterocycles. The first-order valence-corrected chi connectivity index (χ1v) is 7.19. The summed E-state index contributed by atoms with van der Waals surface area (Å²) < 4.78 is 1.66. The molecule has 0 aliphatic rings. The van der Waals surface area contributed by atoms with Gasteiger partial charge in [0.25, 0.3) is 0 Å². The molecule has 0 N–H and O–H groups in total. The molecule has 0 amide bonds. The number of pyridine rings is 1. The zero-order valence-corrected chi connectivity index (χ0v) is 12.3. The van der Waals surface area contributed by atoms with Crippen LogP contribution >= 0.6 is 11.6 Å². The molecule has 4 nitrogen and oxygen atoms in total. The van der Waals surface area contributed by atoms with Crippen LogP contribution in [0.1, 0.15) is 29.4 Å². The molecule has 0 saturated carbocycles. The summed E-state index contributed by atoms with van der Waals surface area (Å²) in [5, 5.41) is 5.49. The Labute approximate surface area is 127 Å². The number of carbonyl (C=O) groups excluding carboxylic acids is 1. The average Bonchev–Trinajstić information content (AvgIpc) is 2.87. The Morgan fingerprint density at radius 1 is 1.33 bits per heavy atom. The minimum absolute atomic E-state index is 0.114. The molecule has 21 heavy (non-hydrogen) atoms. The predicted octanol–water partition coefficient (Wildman–Crippen LogP) is 3.73. The van der Waals surface area contributed by atoms with Gasteiger partial charge in [-0.1, -0.05) is 24.6 Å². The van der Waals surface area contributed by atoms with Crippen LogP contribution in [0, 0.1) is 0 Å². The van der Waals surface area contributed by atoms with Gasteiger partial charge in [0.2, 0.25) is 5.78 Å². The number of aryl methyl sites for hydroxylation is 1. The van der Waals surface area contributed by atoms with Crippen molar-refractivity contribution in [3.8, 4) is 0 Å². The Bertz CT molecular complexity index is 810. The highest BCUT2D eigenvalue weighted by atomic mass is 35.5. The summed E-state index contributed by atoms with van der Waals surface area (Å²) in [4.78, 5) is 17.0. The van der Waals surface area contributed by atoms with Crippen molar-refractivity contribution in [3.05, 3.63) is 59.0 Å². The van der Waals surface area contributed by atoms with Gasteiger partial charge in [-0.25, -0.2) is 0 Å². The molecule has 0 atom stereocenters. The number of fused-ring (bicyclic) bond motifs is 1. The maximum atomic E-state index is 12.7. The second kappa shape index (κ2) is 5.66. The van der Waals surface area contributed by atoms with Crippen molar-refractivity contribution in [1.29, 1.82) is 0 Å². The van der Waals surface area contributed by atoms with Crippen LogP contribution < -0.4 is 0 Å². The number of halogens is 1. The van der Waals surface area contributed by atoms with E-state index < -0.39 is 0 Å². The highest BCUT2D eigenvalue weighted by Gasteiger charge is 2.19. The summed E-state index contributed by atoms with van der Waals surface area (Å²) in [6.45, 7) is 2.70. The van der Waals surface area contributed by atoms with Gasteiger partial charge in [0.1, 0.15) is 5.69 Å². The van der Waals surface area contributed by atoms with Crippen LogP contribution in [0.4, 0.5) is 0 Å². The van der Waals surface area contributed by atoms with Gasteiger partial charge in [-0.3, -0.25) is 14.5 Å². The first kappa shape index (κ1) is 13.8. The molecule has 0 bridgehead atoms. The van der Waals surface area contributed by atoms with Crippen molar-refractivity contribution < 1.29 is 4.79 Å². The van der Waals surface area contributed by atoms with Gasteiger partial charge < -0.3 is 0 Å². The molecule has 2 aromatic heterocycles. The van der Waals surface area contributed by atoms with E-state index in [1.54, 1.807) is 16.9 Å². The summed E-state index contributed by atoms with van der Waals surface area (Å²) in [5.74, 6) is -0.114. The standard InChI is InChI=1S/C16H14ClN3O/c1-2-8-20-15(13(17)10-19-20)16(21)12-5-6-14-11(9-12)4-3-7-18-14/h3-7,9-10H,2,8H2,1H3. The molecule has 0 radical (unpaired) electrons. The number of aromatic nitrogens is 3. The highest BCUT2D eigenvalue weighted by molar-refractivity contribution is 6.34. The fourth-order valence-corrected chi connectivity index (χ4v) is 2.55. The lowest BCUT2D eigenvalue weighted by molar-refractivity contribution is 0.102. The SMILES string of the molecule is CCCn1ncc(Cl)c1C(=O)c1ccc2ncccc2c1. The second-order valence-electron chi connectivity index (χ2n) is 4.80. The molecule has 106 valence electrons. The Hall–Kier alpha value is -2.20. The quantitative estimate of drug-likeness (QED) is 0.690. The number of benzene rings is 1. The van der Waals surface area contributed by atoms with E-state index in [1.165, 1.54) is 6.20 Å². The third-order valence-electron chi connectivity index (χ3n) is 3.31. The molecule has 0 aliphatic carbocycles. The van der Waals surface area contributed by atoms with Crippen LogP contribution in [0.15, 0.2) is 42.7 Å². The Morgan fingerprint density at radius 3 is 3.00 bits per heavy atom. The third kappa shape index (κ3) is 2.54. The van der Waals surface area contributed by atoms with E-state index in [1.807, 2.05) is 31.2 Å². The zero-order chi connectivity index (χ0) is 14.8. The van der Waals surface area contributed by atoms with Crippen LogP contribution in [-0.4, -0.2) is 20.5 Å². The summed E-state index contributed by atoms with van der Waals surface area (Å²) in [6.07, 6.45) is 4.14. The number of rotatable bonds is 4. The molecule has 5 heteroatoms. The van der Waals surface area contributed by atoms with Crippen LogP contribution in [-0.2, 0) is 6.54 Å². The summed E-state index contributed by atoms with van der Waals surface area (Å²) in [7, 11) is 0. The van der Waals surface area contributed by atoms with E-state index in [9.17, 15) is 4.79 Å². The number of hydrogen-bond acceptors (Lipinski definition) is 3. The highest BCUT2D eigenvalue weighted by Crippen LogP contribution is 2.21. The van der Waals surface area contributed by atoms with Crippen LogP contribution in [0.2, 0.25) is 5.02 Å². The van der Waals surface area contributed by atoms with E-state index >= 15 is 0 Å². The third-order valence-corrected chi connectivity index (χ3v) is 3.59. The van der Waals surface area contributed by atoms with Crippen LogP contribution in [0.25, 0.3) is 10.9 Å². The van der Waals surface area contributed by atoms with Gasteiger partial charge in [0.15, 0.2) is 0 Å². The minimum Gasteiger partial charge on any atom is -0.287 e. The fraction of sp³-hybridized carbons (Fsp3) is 0.188. The van der Waals surface area contributed by atoms with Gasteiger partial charge in [-0.15, -0.1) is 0 Å². The molecule has 0 aliphatic heterocycles. The monoisotopic (exact) mass is 299 g/mol. The van der Waals surface area contributed by atoms with Gasteiger partial charge in [0.05, 0.1) is 16.7 Å². The van der Waals surface area contributed by atoms with Crippen molar-refractivity contribution in [1.82, 2.24) is 14.8 Å². The number of ketones is 1. The number of hydrogen-bond donors (Lipinski definition) is 0. The first-order chi connectivity index (χ1) is 10.2. The lowest BCUT2D eigenvalue weighted by atomic mass is 10.1. The maximum absolute atomic E-state index is 12.7. The van der Waals surface area contributed by atoms with Crippen LogP contribution in [0.3, 0.4) is 0 Å². The Morgan fingerprint density at radius 2 is 2.19 bits per heavy atom.